The van der Waals surface area contributed by atoms with E-state index in [0.29, 0.717) is 38.5 Å². The van der Waals surface area contributed by atoms with Gasteiger partial charge >= 0.3 is 12.2 Å². The fraction of sp³-hybridized carbons (Fsp3) is 0.440. The van der Waals surface area contributed by atoms with Gasteiger partial charge in [-0.2, -0.15) is 18.4 Å². The number of anilines is 2. The number of carbonyl (C=O) groups is 1. The molecule has 2 aliphatic heterocycles. The smallest absolute Gasteiger partial charge is 0.384 e. The third kappa shape index (κ3) is 4.82. The second-order valence-electron chi connectivity index (χ2n) is 9.02. The number of alkyl halides is 3. The second-order valence-corrected chi connectivity index (χ2v) is 9.02. The Bertz CT molecular complexity index is 1060. The Morgan fingerprint density at radius 2 is 1.91 bits per heavy atom. The van der Waals surface area contributed by atoms with E-state index in [0.717, 1.165) is 24.6 Å². The average molecular weight is 473 g/mol. The molecule has 0 aliphatic carbocycles. The third-order valence-corrected chi connectivity index (χ3v) is 7.05. The Kier molecular flexibility index (Phi) is 6.71. The van der Waals surface area contributed by atoms with Crippen molar-refractivity contribution in [3.63, 3.8) is 0 Å². The number of para-hydroxylation sites is 1. The summed E-state index contributed by atoms with van der Waals surface area (Å²) in [5, 5.41) is 12.0. The monoisotopic (exact) mass is 472 g/mol. The number of ether oxygens (including phenoxy) is 1. The first kappa shape index (κ1) is 23.9. The summed E-state index contributed by atoms with van der Waals surface area (Å²) >= 11 is 0. The zero-order valence-electron chi connectivity index (χ0n) is 18.9. The van der Waals surface area contributed by atoms with Crippen molar-refractivity contribution in [2.75, 3.05) is 50.1 Å². The Morgan fingerprint density at radius 1 is 1.21 bits per heavy atom. The maximum Gasteiger partial charge on any atom is 0.417 e. The van der Waals surface area contributed by atoms with Gasteiger partial charge in [0, 0.05) is 50.6 Å². The van der Waals surface area contributed by atoms with Crippen LogP contribution in [0.1, 0.15) is 24.0 Å². The van der Waals surface area contributed by atoms with Crippen LogP contribution in [0.2, 0.25) is 0 Å². The van der Waals surface area contributed by atoms with E-state index in [4.69, 9.17) is 10.00 Å². The van der Waals surface area contributed by atoms with Crippen LogP contribution >= 0.6 is 0 Å². The summed E-state index contributed by atoms with van der Waals surface area (Å²) < 4.78 is 45.7. The van der Waals surface area contributed by atoms with Crippen LogP contribution in [0.5, 0.6) is 0 Å². The molecule has 2 aliphatic rings. The molecule has 2 saturated heterocycles. The minimum Gasteiger partial charge on any atom is -0.384 e. The summed E-state index contributed by atoms with van der Waals surface area (Å²) in [4.78, 5) is 16.6. The zero-order valence-corrected chi connectivity index (χ0v) is 18.9. The van der Waals surface area contributed by atoms with Crippen LogP contribution in [0.3, 0.4) is 0 Å². The Balaban J connectivity index is 1.47. The number of methoxy groups -OCH3 is 1. The maximum atomic E-state index is 13.4. The molecule has 1 unspecified atom stereocenters. The van der Waals surface area contributed by atoms with Crippen LogP contribution in [-0.4, -0.2) is 50.8 Å². The molecule has 0 radical (unpaired) electrons. The van der Waals surface area contributed by atoms with Crippen molar-refractivity contribution < 1.29 is 22.7 Å². The summed E-state index contributed by atoms with van der Waals surface area (Å²) in [5.41, 5.74) is -0.246. The van der Waals surface area contributed by atoms with E-state index < -0.39 is 11.7 Å². The molecule has 6 nitrogen and oxygen atoms in total. The molecular weight excluding hydrogens is 445 g/mol. The molecule has 4 rings (SSSR count). The van der Waals surface area contributed by atoms with Crippen LogP contribution in [0, 0.1) is 22.7 Å². The molecule has 180 valence electrons. The number of nitrogens with one attached hydrogen (secondary N) is 1. The van der Waals surface area contributed by atoms with Gasteiger partial charge in [-0.3, -0.25) is 0 Å². The number of rotatable bonds is 4. The van der Waals surface area contributed by atoms with Gasteiger partial charge < -0.3 is 19.9 Å². The number of amides is 2. The van der Waals surface area contributed by atoms with E-state index in [9.17, 15) is 18.0 Å². The van der Waals surface area contributed by atoms with E-state index in [-0.39, 0.29) is 22.9 Å². The van der Waals surface area contributed by atoms with E-state index >= 15 is 0 Å². The standard InChI is InChI=1S/C25H27F3N4O2/c1-34-16-19-15-32(23(33)30-20-5-3-2-4-6-20)17-24(19)9-11-31(12-10-24)21-8-7-18(14-29)22(13-21)25(26,27)28/h2-8,13,19H,9-12,15-17H2,1H3,(H,30,33). The molecule has 1 atom stereocenters. The SMILES string of the molecule is COCC1CN(C(=O)Nc2ccccc2)CC12CCN(c1ccc(C#N)c(C(F)(F)F)c1)CC2. The number of hydrogen-bond acceptors (Lipinski definition) is 4. The number of nitrogens with zero attached hydrogens (tertiary/aromatic N) is 3. The van der Waals surface area contributed by atoms with Gasteiger partial charge in [-0.05, 0) is 48.6 Å². The lowest BCUT2D eigenvalue weighted by Crippen LogP contribution is -2.45. The fourth-order valence-corrected chi connectivity index (χ4v) is 5.18. The molecule has 9 heteroatoms. The molecule has 34 heavy (non-hydrogen) atoms. The highest BCUT2D eigenvalue weighted by Crippen LogP contribution is 2.46. The van der Waals surface area contributed by atoms with Crippen LogP contribution < -0.4 is 10.2 Å². The molecule has 0 bridgehead atoms. The predicted octanol–water partition coefficient (Wildman–Crippen LogP) is 4.97. The highest BCUT2D eigenvalue weighted by Gasteiger charge is 2.49. The van der Waals surface area contributed by atoms with Gasteiger partial charge in [0.2, 0.25) is 0 Å². The number of benzene rings is 2. The molecule has 0 aromatic heterocycles. The lowest BCUT2D eigenvalue weighted by atomic mass is 9.71. The Labute approximate surface area is 196 Å². The van der Waals surface area contributed by atoms with Gasteiger partial charge in [-0.1, -0.05) is 18.2 Å². The molecule has 2 heterocycles. The average Bonchev–Trinajstić information content (AvgIpc) is 3.17. The highest BCUT2D eigenvalue weighted by atomic mass is 19.4. The minimum atomic E-state index is -4.58. The first-order valence-electron chi connectivity index (χ1n) is 11.2. The lowest BCUT2D eigenvalue weighted by Gasteiger charge is -2.43. The minimum absolute atomic E-state index is 0.146. The number of urea groups is 1. The summed E-state index contributed by atoms with van der Waals surface area (Å²) in [6, 6.07) is 14.6. The summed E-state index contributed by atoms with van der Waals surface area (Å²) in [7, 11) is 1.64. The maximum absolute atomic E-state index is 13.4. The lowest BCUT2D eigenvalue weighted by molar-refractivity contribution is -0.137. The largest absolute Gasteiger partial charge is 0.417 e. The van der Waals surface area contributed by atoms with Gasteiger partial charge in [0.15, 0.2) is 0 Å². The van der Waals surface area contributed by atoms with Crippen molar-refractivity contribution in [2.45, 2.75) is 19.0 Å². The van der Waals surface area contributed by atoms with E-state index in [2.05, 4.69) is 5.32 Å². The zero-order chi connectivity index (χ0) is 24.3. The van der Waals surface area contributed by atoms with Crippen molar-refractivity contribution in [3.8, 4) is 6.07 Å². The number of piperidine rings is 1. The molecule has 2 aromatic rings. The molecule has 0 saturated carbocycles. The molecule has 1 spiro atoms. The molecule has 1 N–H and O–H groups in total. The Hall–Kier alpha value is -3.25. The predicted molar refractivity (Wildman–Crippen MR) is 122 cm³/mol. The third-order valence-electron chi connectivity index (χ3n) is 7.05. The van der Waals surface area contributed by atoms with Gasteiger partial charge in [-0.15, -0.1) is 0 Å². The van der Waals surface area contributed by atoms with Crippen LogP contribution in [0.4, 0.5) is 29.3 Å². The number of nitriles is 1. The number of carbonyl (C=O) groups excluding carboxylic acids is 1. The van der Waals surface area contributed by atoms with Gasteiger partial charge in [0.25, 0.3) is 0 Å². The quantitative estimate of drug-likeness (QED) is 0.682. The number of hydrogen-bond donors (Lipinski definition) is 1. The van der Waals surface area contributed by atoms with Crippen molar-refractivity contribution >= 4 is 17.4 Å². The van der Waals surface area contributed by atoms with Crippen LogP contribution in [0.25, 0.3) is 0 Å². The summed E-state index contributed by atoms with van der Waals surface area (Å²) in [5.74, 6) is 0.146. The normalized spacial score (nSPS) is 19.8. The van der Waals surface area contributed by atoms with Crippen LogP contribution in [0.15, 0.2) is 48.5 Å². The van der Waals surface area contributed by atoms with Crippen LogP contribution in [-0.2, 0) is 10.9 Å². The molecule has 2 aromatic carbocycles. The van der Waals surface area contributed by atoms with E-state index in [1.807, 2.05) is 40.1 Å². The Morgan fingerprint density at radius 3 is 2.53 bits per heavy atom. The molecule has 2 amide bonds. The molecule has 2 fully saturated rings. The van der Waals surface area contributed by atoms with Gasteiger partial charge in [0.1, 0.15) is 0 Å². The summed E-state index contributed by atoms with van der Waals surface area (Å²) in [6.07, 6.45) is -3.12. The first-order valence-corrected chi connectivity index (χ1v) is 11.2. The number of halogens is 3. The topological polar surface area (TPSA) is 68.6 Å². The van der Waals surface area contributed by atoms with Crippen molar-refractivity contribution in [3.05, 3.63) is 59.7 Å². The second kappa shape index (κ2) is 9.55. The highest BCUT2D eigenvalue weighted by molar-refractivity contribution is 5.89. The fourth-order valence-electron chi connectivity index (χ4n) is 5.18. The van der Waals surface area contributed by atoms with Gasteiger partial charge in [0.05, 0.1) is 23.8 Å². The number of likely N-dealkylation sites (tertiary alicyclic amines) is 1. The van der Waals surface area contributed by atoms with Gasteiger partial charge in [-0.25, -0.2) is 4.79 Å². The first-order chi connectivity index (χ1) is 16.3. The van der Waals surface area contributed by atoms with E-state index in [1.165, 1.54) is 6.07 Å². The van der Waals surface area contributed by atoms with E-state index in [1.54, 1.807) is 19.2 Å². The van der Waals surface area contributed by atoms with Crippen molar-refractivity contribution in [2.24, 2.45) is 11.3 Å². The summed E-state index contributed by atoms with van der Waals surface area (Å²) in [6.45, 7) is 2.80. The molecular formula is C25H27F3N4O2. The van der Waals surface area contributed by atoms with Crippen molar-refractivity contribution in [1.82, 2.24) is 4.90 Å². The van der Waals surface area contributed by atoms with Crippen molar-refractivity contribution in [1.29, 1.82) is 5.26 Å².